The molecular formula is C17H19ClN2O3. The maximum Gasteiger partial charge on any atom is 0.308 e. The SMILES string of the molecule is CC(CN(C(=O)Cn1ccc2ccc(Cl)cc21)C1CC1)C(=O)O. The van der Waals surface area contributed by atoms with Crippen LogP contribution in [0.5, 0.6) is 0 Å². The minimum Gasteiger partial charge on any atom is -0.481 e. The molecule has 122 valence electrons. The summed E-state index contributed by atoms with van der Waals surface area (Å²) >= 11 is 6.04. The second-order valence-electron chi connectivity index (χ2n) is 6.16. The van der Waals surface area contributed by atoms with E-state index in [1.54, 1.807) is 11.8 Å². The predicted molar refractivity (Wildman–Crippen MR) is 88.5 cm³/mol. The number of carboxylic acid groups (broad SMARTS) is 1. The standard InChI is InChI=1S/C17H19ClN2O3/c1-11(17(22)23)9-20(14-4-5-14)16(21)10-19-7-6-12-2-3-13(18)8-15(12)19/h2-3,6-8,11,14H,4-5,9-10H2,1H3,(H,22,23). The molecule has 0 saturated heterocycles. The summed E-state index contributed by atoms with van der Waals surface area (Å²) in [7, 11) is 0. The van der Waals surface area contributed by atoms with E-state index in [9.17, 15) is 9.59 Å². The largest absolute Gasteiger partial charge is 0.481 e. The van der Waals surface area contributed by atoms with E-state index in [0.29, 0.717) is 5.02 Å². The van der Waals surface area contributed by atoms with Gasteiger partial charge in [0, 0.05) is 29.3 Å². The Morgan fingerprint density at radius 2 is 2.13 bits per heavy atom. The van der Waals surface area contributed by atoms with Gasteiger partial charge in [0.1, 0.15) is 6.54 Å². The number of carbonyl (C=O) groups excluding carboxylic acids is 1. The number of nitrogens with zero attached hydrogens (tertiary/aromatic N) is 2. The lowest BCUT2D eigenvalue weighted by atomic mass is 10.1. The number of aliphatic carboxylic acids is 1. The van der Waals surface area contributed by atoms with Crippen molar-refractivity contribution in [2.45, 2.75) is 32.4 Å². The molecule has 0 radical (unpaired) electrons. The second-order valence-corrected chi connectivity index (χ2v) is 6.60. The molecule has 1 amide bonds. The van der Waals surface area contributed by atoms with E-state index < -0.39 is 11.9 Å². The molecule has 5 nitrogen and oxygen atoms in total. The van der Waals surface area contributed by atoms with Crippen molar-refractivity contribution in [3.63, 3.8) is 0 Å². The van der Waals surface area contributed by atoms with Crippen LogP contribution < -0.4 is 0 Å². The second kappa shape index (κ2) is 6.24. The number of halogens is 1. The average molecular weight is 335 g/mol. The van der Waals surface area contributed by atoms with Crippen LogP contribution in [-0.2, 0) is 16.1 Å². The maximum absolute atomic E-state index is 12.7. The van der Waals surface area contributed by atoms with Crippen LogP contribution >= 0.6 is 11.6 Å². The lowest BCUT2D eigenvalue weighted by Crippen LogP contribution is -2.40. The molecule has 1 unspecified atom stereocenters. The van der Waals surface area contributed by atoms with E-state index in [4.69, 9.17) is 16.7 Å². The number of rotatable bonds is 6. The Balaban J connectivity index is 1.78. The highest BCUT2D eigenvalue weighted by atomic mass is 35.5. The molecular weight excluding hydrogens is 316 g/mol. The summed E-state index contributed by atoms with van der Waals surface area (Å²) in [4.78, 5) is 25.4. The van der Waals surface area contributed by atoms with Gasteiger partial charge >= 0.3 is 5.97 Å². The lowest BCUT2D eigenvalue weighted by Gasteiger charge is -2.24. The van der Waals surface area contributed by atoms with Crippen molar-refractivity contribution in [2.24, 2.45) is 5.92 Å². The summed E-state index contributed by atoms with van der Waals surface area (Å²) in [6, 6.07) is 7.71. The number of hydrogen-bond acceptors (Lipinski definition) is 2. The van der Waals surface area contributed by atoms with E-state index in [-0.39, 0.29) is 25.0 Å². The highest BCUT2D eigenvalue weighted by Crippen LogP contribution is 2.28. The molecule has 3 rings (SSSR count). The van der Waals surface area contributed by atoms with Crippen LogP contribution in [0.1, 0.15) is 19.8 Å². The van der Waals surface area contributed by atoms with Crippen molar-refractivity contribution < 1.29 is 14.7 Å². The smallest absolute Gasteiger partial charge is 0.308 e. The molecule has 1 aromatic heterocycles. The summed E-state index contributed by atoms with van der Waals surface area (Å²) in [5.74, 6) is -1.48. The zero-order valence-corrected chi connectivity index (χ0v) is 13.7. The highest BCUT2D eigenvalue weighted by molar-refractivity contribution is 6.31. The van der Waals surface area contributed by atoms with E-state index >= 15 is 0 Å². The number of amides is 1. The fourth-order valence-electron chi connectivity index (χ4n) is 2.75. The van der Waals surface area contributed by atoms with Crippen LogP contribution in [-0.4, -0.2) is 39.0 Å². The van der Waals surface area contributed by atoms with Crippen LogP contribution in [0, 0.1) is 5.92 Å². The molecule has 1 heterocycles. The van der Waals surface area contributed by atoms with Crippen molar-refractivity contribution in [3.05, 3.63) is 35.5 Å². The molecule has 0 bridgehead atoms. The Hall–Kier alpha value is -2.01. The first-order valence-electron chi connectivity index (χ1n) is 7.72. The molecule has 1 saturated carbocycles. The topological polar surface area (TPSA) is 62.5 Å². The van der Waals surface area contributed by atoms with Crippen molar-refractivity contribution in [1.82, 2.24) is 9.47 Å². The third-order valence-corrected chi connectivity index (χ3v) is 4.48. The van der Waals surface area contributed by atoms with Crippen molar-refractivity contribution in [3.8, 4) is 0 Å². The monoisotopic (exact) mass is 334 g/mol. The molecule has 1 fully saturated rings. The van der Waals surface area contributed by atoms with Gasteiger partial charge in [-0.1, -0.05) is 24.6 Å². The Labute approximate surface area is 139 Å². The van der Waals surface area contributed by atoms with Crippen LogP contribution in [0.2, 0.25) is 5.02 Å². The molecule has 6 heteroatoms. The molecule has 1 aromatic carbocycles. The molecule has 1 atom stereocenters. The summed E-state index contributed by atoms with van der Waals surface area (Å²) in [6.07, 6.45) is 3.78. The Kier molecular flexibility index (Phi) is 4.31. The molecule has 0 aliphatic heterocycles. The van der Waals surface area contributed by atoms with Gasteiger partial charge in [-0.25, -0.2) is 0 Å². The van der Waals surface area contributed by atoms with Gasteiger partial charge in [-0.3, -0.25) is 9.59 Å². The molecule has 1 aliphatic carbocycles. The van der Waals surface area contributed by atoms with Gasteiger partial charge in [-0.2, -0.15) is 0 Å². The third-order valence-electron chi connectivity index (χ3n) is 4.24. The molecule has 1 N–H and O–H groups in total. The first-order valence-corrected chi connectivity index (χ1v) is 8.10. The van der Waals surface area contributed by atoms with Crippen molar-refractivity contribution in [2.75, 3.05) is 6.54 Å². The molecule has 2 aromatic rings. The van der Waals surface area contributed by atoms with E-state index in [1.165, 1.54) is 0 Å². The van der Waals surface area contributed by atoms with Crippen LogP contribution in [0.25, 0.3) is 10.9 Å². The third kappa shape index (κ3) is 3.50. The summed E-state index contributed by atoms with van der Waals surface area (Å²) in [5, 5.41) is 10.7. The lowest BCUT2D eigenvalue weighted by molar-refractivity contribution is -0.143. The summed E-state index contributed by atoms with van der Waals surface area (Å²) in [6.45, 7) is 2.10. The van der Waals surface area contributed by atoms with E-state index in [2.05, 4.69) is 0 Å². The molecule has 1 aliphatic rings. The van der Waals surface area contributed by atoms with Gasteiger partial charge in [0.05, 0.1) is 5.92 Å². The van der Waals surface area contributed by atoms with Gasteiger partial charge in [-0.05, 0) is 36.4 Å². The normalized spacial score (nSPS) is 15.6. The van der Waals surface area contributed by atoms with Crippen LogP contribution in [0.3, 0.4) is 0 Å². The van der Waals surface area contributed by atoms with Gasteiger partial charge in [0.25, 0.3) is 0 Å². The number of fused-ring (bicyclic) bond motifs is 1. The number of benzene rings is 1. The van der Waals surface area contributed by atoms with Gasteiger partial charge in [0.2, 0.25) is 5.91 Å². The number of carbonyl (C=O) groups is 2. The van der Waals surface area contributed by atoms with Crippen LogP contribution in [0.4, 0.5) is 0 Å². The van der Waals surface area contributed by atoms with Gasteiger partial charge < -0.3 is 14.6 Å². The van der Waals surface area contributed by atoms with E-state index in [0.717, 1.165) is 23.7 Å². The quantitative estimate of drug-likeness (QED) is 0.883. The predicted octanol–water partition coefficient (Wildman–Crippen LogP) is 3.01. The Morgan fingerprint density at radius 1 is 1.39 bits per heavy atom. The van der Waals surface area contributed by atoms with Crippen molar-refractivity contribution in [1.29, 1.82) is 0 Å². The Bertz CT molecular complexity index is 751. The summed E-state index contributed by atoms with van der Waals surface area (Å²) in [5.41, 5.74) is 0.910. The fourth-order valence-corrected chi connectivity index (χ4v) is 2.91. The highest BCUT2D eigenvalue weighted by Gasteiger charge is 2.34. The number of hydrogen-bond donors (Lipinski definition) is 1. The fraction of sp³-hybridized carbons (Fsp3) is 0.412. The van der Waals surface area contributed by atoms with Crippen molar-refractivity contribution >= 4 is 34.4 Å². The van der Waals surface area contributed by atoms with E-state index in [1.807, 2.05) is 35.0 Å². The molecule has 0 spiro atoms. The number of carboxylic acids is 1. The zero-order valence-electron chi connectivity index (χ0n) is 12.9. The van der Waals surface area contributed by atoms with Gasteiger partial charge in [0.15, 0.2) is 0 Å². The minimum absolute atomic E-state index is 0.0434. The zero-order chi connectivity index (χ0) is 16.6. The maximum atomic E-state index is 12.7. The minimum atomic E-state index is -0.873. The number of aromatic nitrogens is 1. The first kappa shape index (κ1) is 15.9. The van der Waals surface area contributed by atoms with Crippen LogP contribution in [0.15, 0.2) is 30.5 Å². The summed E-state index contributed by atoms with van der Waals surface area (Å²) < 4.78 is 1.87. The van der Waals surface area contributed by atoms with Gasteiger partial charge in [-0.15, -0.1) is 0 Å². The molecule has 23 heavy (non-hydrogen) atoms. The Morgan fingerprint density at radius 3 is 2.78 bits per heavy atom. The first-order chi connectivity index (χ1) is 11.0. The average Bonchev–Trinajstić information content (AvgIpc) is 3.27.